The van der Waals surface area contributed by atoms with E-state index >= 15 is 0 Å². The van der Waals surface area contributed by atoms with Crippen LogP contribution >= 0.6 is 7.91 Å². The summed E-state index contributed by atoms with van der Waals surface area (Å²) in [6.07, 6.45) is 0. The summed E-state index contributed by atoms with van der Waals surface area (Å²) in [5.74, 6) is 0. The van der Waals surface area contributed by atoms with Gasteiger partial charge in [0, 0.05) is 0 Å². The van der Waals surface area contributed by atoms with Crippen LogP contribution in [0, 0.1) is 0 Å². The standard InChI is InChI=1S/FH2O3P.2Na.H4O4Si/c1-5(2,3)4;;;1-5(2,3)4/h(H2,2,3,4);;;1-4H/q;2*+1;/p-2. The van der Waals surface area contributed by atoms with Gasteiger partial charge in [-0.1, -0.05) is 0 Å². The Kier molecular flexibility index (Phi) is 19.2. The second kappa shape index (κ2) is 9.68. The van der Waals surface area contributed by atoms with Gasteiger partial charge in [0.2, 0.25) is 0 Å². The molecule has 7 nitrogen and oxygen atoms in total. The zero-order valence-electron chi connectivity index (χ0n) is 6.34. The molecule has 0 saturated heterocycles. The normalized spacial score (nSPS) is 9.92. The molecule has 0 aliphatic heterocycles. The molecule has 0 spiro atoms. The largest absolute Gasteiger partial charge is 1.00 e. The van der Waals surface area contributed by atoms with E-state index in [2.05, 4.69) is 0 Å². The summed E-state index contributed by atoms with van der Waals surface area (Å²) in [7, 11) is -10.2. The molecule has 0 radical (unpaired) electrons. The van der Waals surface area contributed by atoms with Crippen LogP contribution in [0.25, 0.3) is 0 Å². The van der Waals surface area contributed by atoms with Crippen molar-refractivity contribution in [1.82, 2.24) is 0 Å². The van der Waals surface area contributed by atoms with Crippen molar-refractivity contribution in [3.8, 4) is 0 Å². The summed E-state index contributed by atoms with van der Waals surface area (Å²) in [6, 6.07) is 0. The van der Waals surface area contributed by atoms with Crippen molar-refractivity contribution in [3.63, 3.8) is 0 Å². The van der Waals surface area contributed by atoms with Crippen LogP contribution in [-0.4, -0.2) is 28.2 Å². The van der Waals surface area contributed by atoms with Crippen molar-refractivity contribution in [3.05, 3.63) is 0 Å². The third kappa shape index (κ3) is 330. The van der Waals surface area contributed by atoms with Gasteiger partial charge in [-0.25, -0.2) is 4.20 Å². The van der Waals surface area contributed by atoms with E-state index < -0.39 is 17.0 Å². The van der Waals surface area contributed by atoms with E-state index in [0.717, 1.165) is 0 Å². The Labute approximate surface area is 113 Å². The van der Waals surface area contributed by atoms with Crippen LogP contribution < -0.4 is 68.9 Å². The molecule has 4 N–H and O–H groups in total. The second-order valence-electron chi connectivity index (χ2n) is 1.03. The smallest absolute Gasteiger partial charge is 0.786 e. The molecule has 0 aliphatic rings. The van der Waals surface area contributed by atoms with E-state index in [0.29, 0.717) is 0 Å². The maximum absolute atomic E-state index is 10.1. The minimum Gasteiger partial charge on any atom is -0.786 e. The van der Waals surface area contributed by atoms with Gasteiger partial charge in [0.1, 0.15) is 7.91 Å². The maximum atomic E-state index is 10.1. The molecule has 0 heterocycles. The quantitative estimate of drug-likeness (QED) is 0.243. The first-order valence-corrected chi connectivity index (χ1v) is 4.83. The van der Waals surface area contributed by atoms with Crippen LogP contribution in [0.15, 0.2) is 0 Å². The molecule has 64 valence electrons. The molecule has 0 aromatic heterocycles. The molecule has 0 bridgehead atoms. The molecule has 0 aromatic carbocycles. The molecule has 0 rings (SSSR count). The summed E-state index contributed by atoms with van der Waals surface area (Å²) in [4.78, 5) is 46.2. The third-order valence-electron chi connectivity index (χ3n) is 0. The molecule has 0 amide bonds. The number of halogens is 1. The Morgan fingerprint density at radius 1 is 1.08 bits per heavy atom. The van der Waals surface area contributed by atoms with Crippen LogP contribution in [0.3, 0.4) is 0 Å². The van der Waals surface area contributed by atoms with Gasteiger partial charge < -0.3 is 33.5 Å². The summed E-state index contributed by atoms with van der Waals surface area (Å²) in [5.41, 5.74) is 0. The molecular formula is H4FNa2O7PSi. The monoisotopic (exact) mass is 240 g/mol. The van der Waals surface area contributed by atoms with Crippen molar-refractivity contribution in [2.45, 2.75) is 0 Å². The Hall–Kier alpha value is 2.14. The summed E-state index contributed by atoms with van der Waals surface area (Å²) < 4.78 is 18.6. The first-order valence-electron chi connectivity index (χ1n) is 1.61. The van der Waals surface area contributed by atoms with Crippen molar-refractivity contribution in [2.24, 2.45) is 0 Å². The van der Waals surface area contributed by atoms with E-state index in [1.807, 2.05) is 0 Å². The zero-order chi connectivity index (χ0) is 9.00. The fourth-order valence-electron chi connectivity index (χ4n) is 0. The predicted octanol–water partition coefficient (Wildman–Crippen LogP) is -9.82. The number of rotatable bonds is 0. The molecule has 0 fully saturated rings. The van der Waals surface area contributed by atoms with Crippen molar-refractivity contribution in [2.75, 3.05) is 0 Å². The number of hydrogen-bond donors (Lipinski definition) is 4. The van der Waals surface area contributed by atoms with Crippen molar-refractivity contribution >= 4 is 17.0 Å². The van der Waals surface area contributed by atoms with Gasteiger partial charge in [0.05, 0.1) is 0 Å². The van der Waals surface area contributed by atoms with Crippen LogP contribution in [0.2, 0.25) is 0 Å². The molecule has 0 aromatic rings. The van der Waals surface area contributed by atoms with Gasteiger partial charge in [-0.15, -0.1) is 0 Å². The Morgan fingerprint density at radius 2 is 1.08 bits per heavy atom. The van der Waals surface area contributed by atoms with E-state index in [4.69, 9.17) is 33.5 Å². The van der Waals surface area contributed by atoms with E-state index in [9.17, 15) is 4.20 Å². The summed E-state index contributed by atoms with van der Waals surface area (Å²) in [5, 5.41) is 0. The SMILES string of the molecule is O=P([O-])([O-])F.O[Si](O)(O)O.[Na+].[Na+]. The summed E-state index contributed by atoms with van der Waals surface area (Å²) in [6.45, 7) is 0. The average molecular weight is 240 g/mol. The molecule has 0 saturated carbocycles. The van der Waals surface area contributed by atoms with Crippen LogP contribution in [0.5, 0.6) is 0 Å². The average Bonchev–Trinajstić information content (AvgIpc) is 1.12. The molecular weight excluding hydrogens is 236 g/mol. The Balaban J connectivity index is -0.0000000457. The van der Waals surface area contributed by atoms with Crippen LogP contribution in [-0.2, 0) is 4.57 Å². The third-order valence-corrected chi connectivity index (χ3v) is 0. The van der Waals surface area contributed by atoms with Gasteiger partial charge in [-0.3, -0.25) is 0 Å². The van der Waals surface area contributed by atoms with Gasteiger partial charge in [0.15, 0.2) is 0 Å². The Morgan fingerprint density at radius 3 is 1.08 bits per heavy atom. The van der Waals surface area contributed by atoms with Crippen LogP contribution in [0.4, 0.5) is 4.20 Å². The summed E-state index contributed by atoms with van der Waals surface area (Å²) >= 11 is 0. The molecule has 12 heteroatoms. The van der Waals surface area contributed by atoms with E-state index in [1.54, 1.807) is 0 Å². The van der Waals surface area contributed by atoms with Crippen LogP contribution in [0.1, 0.15) is 0 Å². The van der Waals surface area contributed by atoms with Gasteiger partial charge in [0.25, 0.3) is 0 Å². The molecule has 0 atom stereocenters. The fourth-order valence-corrected chi connectivity index (χ4v) is 0. The second-order valence-corrected chi connectivity index (χ2v) is 3.09. The minimum atomic E-state index is -5.64. The maximum Gasteiger partial charge on any atom is 1.00 e. The van der Waals surface area contributed by atoms with Gasteiger partial charge in [-0.05, 0) is 0 Å². The molecule has 0 aliphatic carbocycles. The predicted molar refractivity (Wildman–Crippen MR) is 23.3 cm³/mol. The Bertz CT molecular complexity index is 114. The first kappa shape index (κ1) is 23.7. The minimum absolute atomic E-state index is 0. The fraction of sp³-hybridized carbons (Fsp3) is 0. The van der Waals surface area contributed by atoms with Gasteiger partial charge >= 0.3 is 68.2 Å². The van der Waals surface area contributed by atoms with Crippen molar-refractivity contribution in [1.29, 1.82) is 0 Å². The molecule has 0 unspecified atom stereocenters. The number of hydrogen-bond acceptors (Lipinski definition) is 7. The molecule has 12 heavy (non-hydrogen) atoms. The van der Waals surface area contributed by atoms with Crippen molar-refractivity contribution < 1.29 is 96.8 Å². The van der Waals surface area contributed by atoms with Gasteiger partial charge in [-0.2, -0.15) is 0 Å². The topological polar surface area (TPSA) is 144 Å². The zero-order valence-corrected chi connectivity index (χ0v) is 12.2. The van der Waals surface area contributed by atoms with E-state index in [-0.39, 0.29) is 59.1 Å². The first-order chi connectivity index (χ1) is 4.00. The van der Waals surface area contributed by atoms with E-state index in [1.165, 1.54) is 0 Å².